The van der Waals surface area contributed by atoms with Crippen molar-refractivity contribution in [1.29, 1.82) is 0 Å². The number of nitrogens with zero attached hydrogens (tertiary/aromatic N) is 2. The number of anilines is 1. The molecule has 0 unspecified atom stereocenters. The van der Waals surface area contributed by atoms with E-state index in [9.17, 15) is 4.39 Å². The van der Waals surface area contributed by atoms with Gasteiger partial charge >= 0.3 is 0 Å². The fourth-order valence-electron chi connectivity index (χ4n) is 2.08. The Bertz CT molecular complexity index is 723. The SMILES string of the molecule is CNc1ccc(-c2cc(F)cc3cccnc23)cn1. The summed E-state index contributed by atoms with van der Waals surface area (Å²) < 4.78 is 13.7. The second-order valence-corrected chi connectivity index (χ2v) is 4.21. The van der Waals surface area contributed by atoms with Crippen LogP contribution in [0.1, 0.15) is 0 Å². The number of halogens is 1. The van der Waals surface area contributed by atoms with Crippen molar-refractivity contribution in [3.8, 4) is 11.1 Å². The Labute approximate surface area is 110 Å². The second kappa shape index (κ2) is 4.65. The molecule has 0 spiro atoms. The van der Waals surface area contributed by atoms with Gasteiger partial charge in [-0.05, 0) is 30.3 Å². The van der Waals surface area contributed by atoms with Crippen LogP contribution >= 0.6 is 0 Å². The summed E-state index contributed by atoms with van der Waals surface area (Å²) in [4.78, 5) is 8.58. The van der Waals surface area contributed by atoms with E-state index in [1.807, 2.05) is 18.2 Å². The maximum atomic E-state index is 13.7. The molecule has 0 saturated heterocycles. The highest BCUT2D eigenvalue weighted by molar-refractivity contribution is 5.93. The van der Waals surface area contributed by atoms with Crippen LogP contribution in [0.4, 0.5) is 10.2 Å². The summed E-state index contributed by atoms with van der Waals surface area (Å²) >= 11 is 0. The minimum absolute atomic E-state index is 0.270. The molecule has 0 saturated carbocycles. The van der Waals surface area contributed by atoms with Gasteiger partial charge in [-0.15, -0.1) is 0 Å². The molecule has 94 valence electrons. The van der Waals surface area contributed by atoms with Gasteiger partial charge in [-0.1, -0.05) is 6.07 Å². The molecule has 0 radical (unpaired) electrons. The van der Waals surface area contributed by atoms with Crippen molar-refractivity contribution in [2.24, 2.45) is 0 Å². The normalized spacial score (nSPS) is 10.6. The van der Waals surface area contributed by atoms with Crippen molar-refractivity contribution < 1.29 is 4.39 Å². The first-order valence-corrected chi connectivity index (χ1v) is 5.96. The summed E-state index contributed by atoms with van der Waals surface area (Å²) in [6, 6.07) is 10.4. The topological polar surface area (TPSA) is 37.8 Å². The van der Waals surface area contributed by atoms with Crippen LogP contribution in [-0.4, -0.2) is 17.0 Å². The summed E-state index contributed by atoms with van der Waals surface area (Å²) in [7, 11) is 1.81. The van der Waals surface area contributed by atoms with Crippen LogP contribution in [0, 0.1) is 5.82 Å². The molecule has 2 heterocycles. The highest BCUT2D eigenvalue weighted by atomic mass is 19.1. The van der Waals surface area contributed by atoms with Crippen molar-refractivity contribution >= 4 is 16.7 Å². The predicted molar refractivity (Wildman–Crippen MR) is 74.5 cm³/mol. The first kappa shape index (κ1) is 11.6. The molecule has 0 aliphatic rings. The van der Waals surface area contributed by atoms with E-state index in [1.165, 1.54) is 12.1 Å². The highest BCUT2D eigenvalue weighted by Crippen LogP contribution is 2.28. The van der Waals surface area contributed by atoms with E-state index in [1.54, 1.807) is 25.5 Å². The molecule has 0 aliphatic heterocycles. The van der Waals surface area contributed by atoms with Crippen LogP contribution in [0.2, 0.25) is 0 Å². The quantitative estimate of drug-likeness (QED) is 0.759. The second-order valence-electron chi connectivity index (χ2n) is 4.21. The molecule has 1 aromatic carbocycles. The van der Waals surface area contributed by atoms with Crippen molar-refractivity contribution in [2.45, 2.75) is 0 Å². The molecule has 1 N–H and O–H groups in total. The molecular weight excluding hydrogens is 241 g/mol. The third kappa shape index (κ3) is 2.12. The summed E-state index contributed by atoms with van der Waals surface area (Å²) in [6.45, 7) is 0. The lowest BCUT2D eigenvalue weighted by atomic mass is 10.0. The third-order valence-corrected chi connectivity index (χ3v) is 3.00. The molecule has 3 aromatic rings. The molecule has 4 heteroatoms. The highest BCUT2D eigenvalue weighted by Gasteiger charge is 2.08. The molecule has 0 atom stereocenters. The lowest BCUT2D eigenvalue weighted by Gasteiger charge is -2.07. The Morgan fingerprint density at radius 2 is 2.00 bits per heavy atom. The number of pyridine rings is 2. The Balaban J connectivity index is 2.22. The Morgan fingerprint density at radius 3 is 2.74 bits per heavy atom. The zero-order valence-electron chi connectivity index (χ0n) is 10.4. The first-order valence-electron chi connectivity index (χ1n) is 5.96. The number of aromatic nitrogens is 2. The first-order chi connectivity index (χ1) is 9.28. The fraction of sp³-hybridized carbons (Fsp3) is 0.0667. The molecule has 0 amide bonds. The molecule has 0 bridgehead atoms. The van der Waals surface area contributed by atoms with Gasteiger partial charge in [-0.3, -0.25) is 4.98 Å². The van der Waals surface area contributed by atoms with Crippen LogP contribution < -0.4 is 5.32 Å². The summed E-state index contributed by atoms with van der Waals surface area (Å²) in [5.74, 6) is 0.505. The largest absolute Gasteiger partial charge is 0.373 e. The van der Waals surface area contributed by atoms with Gasteiger partial charge in [0, 0.05) is 36.0 Å². The number of hydrogen-bond donors (Lipinski definition) is 1. The van der Waals surface area contributed by atoms with Crippen molar-refractivity contribution in [1.82, 2.24) is 9.97 Å². The molecule has 2 aromatic heterocycles. The van der Waals surface area contributed by atoms with Crippen LogP contribution in [0.3, 0.4) is 0 Å². The molecule has 3 rings (SSSR count). The van der Waals surface area contributed by atoms with E-state index in [2.05, 4.69) is 15.3 Å². The minimum Gasteiger partial charge on any atom is -0.373 e. The zero-order chi connectivity index (χ0) is 13.2. The van der Waals surface area contributed by atoms with Gasteiger partial charge in [0.25, 0.3) is 0 Å². The maximum absolute atomic E-state index is 13.7. The molecule has 3 nitrogen and oxygen atoms in total. The molecule has 0 aliphatic carbocycles. The lowest BCUT2D eigenvalue weighted by Crippen LogP contribution is -1.92. The van der Waals surface area contributed by atoms with Gasteiger partial charge in [0.15, 0.2) is 0 Å². The summed E-state index contributed by atoms with van der Waals surface area (Å²) in [5.41, 5.74) is 2.39. The summed E-state index contributed by atoms with van der Waals surface area (Å²) in [5, 5.41) is 3.74. The smallest absolute Gasteiger partial charge is 0.125 e. The minimum atomic E-state index is -0.270. The van der Waals surface area contributed by atoms with E-state index in [0.29, 0.717) is 0 Å². The molecule has 19 heavy (non-hydrogen) atoms. The molecular formula is C15H12FN3. The van der Waals surface area contributed by atoms with Gasteiger partial charge in [-0.25, -0.2) is 9.37 Å². The zero-order valence-corrected chi connectivity index (χ0v) is 10.4. The average Bonchev–Trinajstić information content (AvgIpc) is 2.46. The van der Waals surface area contributed by atoms with Gasteiger partial charge in [0.1, 0.15) is 11.6 Å². The fourth-order valence-corrected chi connectivity index (χ4v) is 2.08. The number of benzene rings is 1. The number of nitrogens with one attached hydrogen (secondary N) is 1. The van der Waals surface area contributed by atoms with Crippen molar-refractivity contribution in [3.05, 3.63) is 54.6 Å². The maximum Gasteiger partial charge on any atom is 0.125 e. The van der Waals surface area contributed by atoms with E-state index in [0.717, 1.165) is 27.8 Å². The van der Waals surface area contributed by atoms with Gasteiger partial charge < -0.3 is 5.32 Å². The van der Waals surface area contributed by atoms with E-state index < -0.39 is 0 Å². The average molecular weight is 253 g/mol. The lowest BCUT2D eigenvalue weighted by molar-refractivity contribution is 0.630. The Hall–Kier alpha value is -2.49. The Morgan fingerprint density at radius 1 is 1.11 bits per heavy atom. The number of hydrogen-bond acceptors (Lipinski definition) is 3. The van der Waals surface area contributed by atoms with Gasteiger partial charge in [-0.2, -0.15) is 0 Å². The number of rotatable bonds is 2. The Kier molecular flexibility index (Phi) is 2.83. The van der Waals surface area contributed by atoms with Crippen LogP contribution in [0.25, 0.3) is 22.0 Å². The van der Waals surface area contributed by atoms with Gasteiger partial charge in [0.2, 0.25) is 0 Å². The van der Waals surface area contributed by atoms with Crippen LogP contribution in [0.5, 0.6) is 0 Å². The van der Waals surface area contributed by atoms with Crippen LogP contribution in [-0.2, 0) is 0 Å². The van der Waals surface area contributed by atoms with E-state index >= 15 is 0 Å². The van der Waals surface area contributed by atoms with Crippen molar-refractivity contribution in [2.75, 3.05) is 12.4 Å². The van der Waals surface area contributed by atoms with Crippen molar-refractivity contribution in [3.63, 3.8) is 0 Å². The van der Waals surface area contributed by atoms with E-state index in [-0.39, 0.29) is 5.82 Å². The van der Waals surface area contributed by atoms with Gasteiger partial charge in [0.05, 0.1) is 5.52 Å². The van der Waals surface area contributed by atoms with Crippen LogP contribution in [0.15, 0.2) is 48.8 Å². The summed E-state index contributed by atoms with van der Waals surface area (Å²) in [6.07, 6.45) is 3.42. The third-order valence-electron chi connectivity index (χ3n) is 3.00. The number of fused-ring (bicyclic) bond motifs is 1. The predicted octanol–water partition coefficient (Wildman–Crippen LogP) is 3.48. The standard InChI is InChI=1S/C15H12FN3/c1-17-14-5-4-11(9-19-14)13-8-12(16)7-10-3-2-6-18-15(10)13/h2-9H,1H3,(H,17,19). The van der Waals surface area contributed by atoms with E-state index in [4.69, 9.17) is 0 Å². The monoisotopic (exact) mass is 253 g/mol. The molecule has 0 fully saturated rings.